The van der Waals surface area contributed by atoms with Gasteiger partial charge in [-0.1, -0.05) is 18.2 Å². The van der Waals surface area contributed by atoms with Gasteiger partial charge in [0.1, 0.15) is 5.82 Å². The van der Waals surface area contributed by atoms with Crippen molar-refractivity contribution in [3.63, 3.8) is 0 Å². The summed E-state index contributed by atoms with van der Waals surface area (Å²) in [5, 5.41) is 8.68. The summed E-state index contributed by atoms with van der Waals surface area (Å²) in [6, 6.07) is 14.0. The third-order valence-corrected chi connectivity index (χ3v) is 5.44. The standard InChI is InChI=1S/C22H27N5O/c1-25(2)14-11-17-7-5-8-18(15-17)22(28)26-12-6-9-19(16-26)21-24-23-20-10-3-4-13-27(20)21/h3-5,7-8,10,13,15,19H,6,9,11-12,14,16H2,1-2H3. The van der Waals surface area contributed by atoms with Gasteiger partial charge in [0.05, 0.1) is 0 Å². The summed E-state index contributed by atoms with van der Waals surface area (Å²) in [6.07, 6.45) is 4.96. The third-order valence-electron chi connectivity index (χ3n) is 5.44. The molecule has 1 aliphatic heterocycles. The largest absolute Gasteiger partial charge is 0.338 e. The van der Waals surface area contributed by atoms with Gasteiger partial charge in [0.2, 0.25) is 0 Å². The van der Waals surface area contributed by atoms with Crippen molar-refractivity contribution in [3.05, 3.63) is 65.6 Å². The van der Waals surface area contributed by atoms with Crippen LogP contribution in [0.25, 0.3) is 5.65 Å². The number of aromatic nitrogens is 3. The molecule has 0 N–H and O–H groups in total. The number of likely N-dealkylation sites (tertiary alicyclic amines) is 1. The molecule has 1 aromatic carbocycles. The first-order chi connectivity index (χ1) is 13.6. The number of amides is 1. The molecule has 0 radical (unpaired) electrons. The minimum Gasteiger partial charge on any atom is -0.338 e. The normalized spacial score (nSPS) is 17.4. The zero-order valence-electron chi connectivity index (χ0n) is 16.6. The molecule has 146 valence electrons. The first-order valence-electron chi connectivity index (χ1n) is 9.94. The average Bonchev–Trinajstić information content (AvgIpc) is 3.16. The van der Waals surface area contributed by atoms with Crippen molar-refractivity contribution in [3.8, 4) is 0 Å². The highest BCUT2D eigenvalue weighted by molar-refractivity contribution is 5.94. The molecule has 1 fully saturated rings. The molecule has 6 heteroatoms. The summed E-state index contributed by atoms with van der Waals surface area (Å²) in [5.41, 5.74) is 2.84. The Morgan fingerprint density at radius 1 is 1.18 bits per heavy atom. The summed E-state index contributed by atoms with van der Waals surface area (Å²) in [7, 11) is 4.13. The van der Waals surface area contributed by atoms with Crippen LogP contribution in [-0.4, -0.2) is 64.0 Å². The lowest BCUT2D eigenvalue weighted by Gasteiger charge is -2.32. The Morgan fingerprint density at radius 2 is 2.07 bits per heavy atom. The molecule has 4 rings (SSSR count). The summed E-state index contributed by atoms with van der Waals surface area (Å²) in [6.45, 7) is 2.47. The van der Waals surface area contributed by atoms with Crippen LogP contribution in [0.4, 0.5) is 0 Å². The summed E-state index contributed by atoms with van der Waals surface area (Å²) >= 11 is 0. The van der Waals surface area contributed by atoms with Gasteiger partial charge < -0.3 is 9.80 Å². The Balaban J connectivity index is 1.50. The number of carbonyl (C=O) groups is 1. The Morgan fingerprint density at radius 3 is 2.93 bits per heavy atom. The van der Waals surface area contributed by atoms with Crippen LogP contribution in [0, 0.1) is 0 Å². The van der Waals surface area contributed by atoms with Crippen LogP contribution in [0.3, 0.4) is 0 Å². The zero-order chi connectivity index (χ0) is 19.5. The van der Waals surface area contributed by atoms with E-state index in [1.165, 1.54) is 5.56 Å². The second-order valence-electron chi connectivity index (χ2n) is 7.83. The van der Waals surface area contributed by atoms with E-state index in [9.17, 15) is 4.79 Å². The van der Waals surface area contributed by atoms with E-state index in [1.54, 1.807) is 0 Å². The van der Waals surface area contributed by atoms with Crippen molar-refractivity contribution in [2.45, 2.75) is 25.2 Å². The van der Waals surface area contributed by atoms with Crippen molar-refractivity contribution < 1.29 is 4.79 Å². The maximum atomic E-state index is 13.1. The minimum atomic E-state index is 0.116. The Labute approximate surface area is 165 Å². The molecule has 1 unspecified atom stereocenters. The topological polar surface area (TPSA) is 53.7 Å². The summed E-state index contributed by atoms with van der Waals surface area (Å²) < 4.78 is 2.04. The predicted molar refractivity (Wildman–Crippen MR) is 110 cm³/mol. The maximum Gasteiger partial charge on any atom is 0.253 e. The second-order valence-corrected chi connectivity index (χ2v) is 7.83. The van der Waals surface area contributed by atoms with E-state index in [0.29, 0.717) is 6.54 Å². The monoisotopic (exact) mass is 377 g/mol. The zero-order valence-corrected chi connectivity index (χ0v) is 16.6. The number of benzene rings is 1. The molecule has 0 aliphatic carbocycles. The fourth-order valence-electron chi connectivity index (χ4n) is 3.91. The van der Waals surface area contributed by atoms with E-state index >= 15 is 0 Å². The first-order valence-corrected chi connectivity index (χ1v) is 9.94. The lowest BCUT2D eigenvalue weighted by Crippen LogP contribution is -2.39. The van der Waals surface area contributed by atoms with Gasteiger partial charge in [0.15, 0.2) is 5.65 Å². The summed E-state index contributed by atoms with van der Waals surface area (Å²) in [5.74, 6) is 1.28. The number of hydrogen-bond donors (Lipinski definition) is 0. The summed E-state index contributed by atoms with van der Waals surface area (Å²) in [4.78, 5) is 17.3. The van der Waals surface area contributed by atoms with Crippen LogP contribution in [0.15, 0.2) is 48.7 Å². The lowest BCUT2D eigenvalue weighted by atomic mass is 9.96. The molecule has 1 aliphatic rings. The van der Waals surface area contributed by atoms with Gasteiger partial charge >= 0.3 is 0 Å². The average molecular weight is 377 g/mol. The Bertz CT molecular complexity index is 964. The molecule has 3 aromatic rings. The number of nitrogens with zero attached hydrogens (tertiary/aromatic N) is 5. The van der Waals surface area contributed by atoms with Crippen LogP contribution in [0.5, 0.6) is 0 Å². The van der Waals surface area contributed by atoms with Crippen LogP contribution >= 0.6 is 0 Å². The third kappa shape index (κ3) is 3.92. The van der Waals surface area contributed by atoms with E-state index in [0.717, 1.165) is 49.4 Å². The second kappa shape index (κ2) is 8.10. The fraction of sp³-hybridized carbons (Fsp3) is 0.409. The molecule has 1 atom stereocenters. The Kier molecular flexibility index (Phi) is 5.39. The highest BCUT2D eigenvalue weighted by Gasteiger charge is 2.28. The van der Waals surface area contributed by atoms with E-state index in [2.05, 4.69) is 35.3 Å². The molecule has 0 spiro atoms. The van der Waals surface area contributed by atoms with Crippen molar-refractivity contribution in [1.82, 2.24) is 24.4 Å². The van der Waals surface area contributed by atoms with Crippen molar-refractivity contribution >= 4 is 11.6 Å². The molecule has 28 heavy (non-hydrogen) atoms. The van der Waals surface area contributed by atoms with E-state index in [-0.39, 0.29) is 11.8 Å². The molecule has 1 amide bonds. The molecule has 0 saturated carbocycles. The molecule has 6 nitrogen and oxygen atoms in total. The number of fused-ring (bicyclic) bond motifs is 1. The number of carbonyl (C=O) groups excluding carboxylic acids is 1. The number of hydrogen-bond acceptors (Lipinski definition) is 4. The van der Waals surface area contributed by atoms with E-state index in [1.807, 2.05) is 51.9 Å². The molecular formula is C22H27N5O. The van der Waals surface area contributed by atoms with Crippen LogP contribution in [0.1, 0.15) is 40.5 Å². The van der Waals surface area contributed by atoms with Crippen molar-refractivity contribution in [2.75, 3.05) is 33.7 Å². The number of piperidine rings is 1. The van der Waals surface area contributed by atoms with Crippen LogP contribution in [-0.2, 0) is 6.42 Å². The molecular weight excluding hydrogens is 350 g/mol. The highest BCUT2D eigenvalue weighted by atomic mass is 16.2. The molecule has 0 bridgehead atoms. The first kappa shape index (κ1) is 18.6. The van der Waals surface area contributed by atoms with Gasteiger partial charge in [-0.25, -0.2) is 0 Å². The maximum absolute atomic E-state index is 13.1. The van der Waals surface area contributed by atoms with Gasteiger partial charge in [-0.05, 0) is 63.2 Å². The smallest absolute Gasteiger partial charge is 0.253 e. The van der Waals surface area contributed by atoms with Gasteiger partial charge in [-0.2, -0.15) is 0 Å². The van der Waals surface area contributed by atoms with Crippen molar-refractivity contribution in [2.24, 2.45) is 0 Å². The Hall–Kier alpha value is -2.73. The number of pyridine rings is 1. The van der Waals surface area contributed by atoms with Crippen molar-refractivity contribution in [1.29, 1.82) is 0 Å². The van der Waals surface area contributed by atoms with E-state index < -0.39 is 0 Å². The highest BCUT2D eigenvalue weighted by Crippen LogP contribution is 2.27. The minimum absolute atomic E-state index is 0.116. The van der Waals surface area contributed by atoms with Crippen LogP contribution < -0.4 is 0 Å². The van der Waals surface area contributed by atoms with Gasteiger partial charge in [0, 0.05) is 37.3 Å². The molecule has 3 heterocycles. The predicted octanol–water partition coefficient (Wildman–Crippen LogP) is 2.85. The fourth-order valence-corrected chi connectivity index (χ4v) is 3.91. The number of rotatable bonds is 5. The van der Waals surface area contributed by atoms with E-state index in [4.69, 9.17) is 0 Å². The lowest BCUT2D eigenvalue weighted by molar-refractivity contribution is 0.0704. The number of likely N-dealkylation sites (N-methyl/N-ethyl adjacent to an activating group) is 1. The van der Waals surface area contributed by atoms with Crippen LogP contribution in [0.2, 0.25) is 0 Å². The van der Waals surface area contributed by atoms with Gasteiger partial charge in [-0.15, -0.1) is 10.2 Å². The van der Waals surface area contributed by atoms with Gasteiger partial charge in [-0.3, -0.25) is 9.20 Å². The molecule has 1 saturated heterocycles. The van der Waals surface area contributed by atoms with Gasteiger partial charge in [0.25, 0.3) is 5.91 Å². The SMILES string of the molecule is CN(C)CCc1cccc(C(=O)N2CCCC(c3nnc4ccccn34)C2)c1. The molecule has 2 aromatic heterocycles. The quantitative estimate of drug-likeness (QED) is 0.686.